The van der Waals surface area contributed by atoms with Crippen molar-refractivity contribution < 1.29 is 13.7 Å². The Labute approximate surface area is 172 Å². The van der Waals surface area contributed by atoms with Gasteiger partial charge in [-0.05, 0) is 30.7 Å². The van der Waals surface area contributed by atoms with Gasteiger partial charge in [0.1, 0.15) is 17.5 Å². The van der Waals surface area contributed by atoms with Crippen LogP contribution in [-0.2, 0) is 6.42 Å². The van der Waals surface area contributed by atoms with Crippen molar-refractivity contribution in [3.8, 4) is 11.6 Å². The summed E-state index contributed by atoms with van der Waals surface area (Å²) in [5, 5.41) is 14.4. The lowest BCUT2D eigenvalue weighted by Crippen LogP contribution is -2.31. The van der Waals surface area contributed by atoms with Gasteiger partial charge in [0, 0.05) is 30.6 Å². The molecular formula is C22H21N5O3. The highest BCUT2D eigenvalue weighted by Gasteiger charge is 2.35. The fourth-order valence-electron chi connectivity index (χ4n) is 3.95. The van der Waals surface area contributed by atoms with Crippen molar-refractivity contribution in [1.82, 2.24) is 25.2 Å². The van der Waals surface area contributed by atoms with Crippen LogP contribution in [0.3, 0.4) is 0 Å². The first-order chi connectivity index (χ1) is 14.7. The molecule has 30 heavy (non-hydrogen) atoms. The van der Waals surface area contributed by atoms with Gasteiger partial charge in [-0.3, -0.25) is 9.78 Å². The number of rotatable bonds is 5. The van der Waals surface area contributed by atoms with Crippen LogP contribution >= 0.6 is 0 Å². The molecular weight excluding hydrogens is 382 g/mol. The van der Waals surface area contributed by atoms with Gasteiger partial charge in [-0.1, -0.05) is 36.3 Å². The van der Waals surface area contributed by atoms with Gasteiger partial charge in [0.25, 0.3) is 11.8 Å². The largest absolute Gasteiger partial charge is 0.417 e. The molecule has 1 unspecified atom stereocenters. The average molecular weight is 403 g/mol. The molecule has 3 aromatic heterocycles. The van der Waals surface area contributed by atoms with Crippen molar-refractivity contribution in [3.63, 3.8) is 0 Å². The molecule has 8 heteroatoms. The third-order valence-electron chi connectivity index (χ3n) is 5.39. The maximum absolute atomic E-state index is 13.0. The SMILES string of the molecule is CCCc1cc(C(=O)N2CCCC2c2nnc(-c3nccc4ccccc34)o2)no1. The van der Waals surface area contributed by atoms with E-state index in [9.17, 15) is 4.79 Å². The Morgan fingerprint density at radius 2 is 2.13 bits per heavy atom. The number of carbonyl (C=O) groups excluding carboxylic acids is 1. The lowest BCUT2D eigenvalue weighted by atomic mass is 10.1. The number of benzene rings is 1. The zero-order chi connectivity index (χ0) is 20.5. The minimum Gasteiger partial charge on any atom is -0.417 e. The van der Waals surface area contributed by atoms with E-state index in [0.717, 1.165) is 42.2 Å². The summed E-state index contributed by atoms with van der Waals surface area (Å²) in [4.78, 5) is 19.2. The van der Waals surface area contributed by atoms with Gasteiger partial charge >= 0.3 is 0 Å². The van der Waals surface area contributed by atoms with Crippen LogP contribution in [0, 0.1) is 0 Å². The second-order valence-electron chi connectivity index (χ2n) is 7.41. The smallest absolute Gasteiger partial charge is 0.276 e. The molecule has 1 saturated heterocycles. The molecule has 1 fully saturated rings. The van der Waals surface area contributed by atoms with E-state index in [1.165, 1.54) is 0 Å². The second kappa shape index (κ2) is 7.70. The van der Waals surface area contributed by atoms with E-state index in [-0.39, 0.29) is 11.9 Å². The number of hydrogen-bond donors (Lipinski definition) is 0. The summed E-state index contributed by atoms with van der Waals surface area (Å²) >= 11 is 0. The summed E-state index contributed by atoms with van der Waals surface area (Å²) < 4.78 is 11.3. The topological polar surface area (TPSA) is 98.2 Å². The number of likely N-dealkylation sites (tertiary alicyclic amines) is 1. The summed E-state index contributed by atoms with van der Waals surface area (Å²) in [7, 11) is 0. The number of amides is 1. The molecule has 4 heterocycles. The van der Waals surface area contributed by atoms with Gasteiger partial charge in [-0.2, -0.15) is 0 Å². The van der Waals surface area contributed by atoms with Gasteiger partial charge in [-0.15, -0.1) is 10.2 Å². The Morgan fingerprint density at radius 3 is 3.03 bits per heavy atom. The van der Waals surface area contributed by atoms with E-state index in [1.54, 1.807) is 17.2 Å². The number of pyridine rings is 1. The molecule has 0 radical (unpaired) electrons. The zero-order valence-corrected chi connectivity index (χ0v) is 16.6. The molecule has 4 aromatic rings. The molecule has 1 amide bonds. The van der Waals surface area contributed by atoms with E-state index < -0.39 is 0 Å². The Kier molecular flexibility index (Phi) is 4.74. The molecule has 0 saturated carbocycles. The summed E-state index contributed by atoms with van der Waals surface area (Å²) in [5.41, 5.74) is 0.962. The second-order valence-corrected chi connectivity index (χ2v) is 7.41. The van der Waals surface area contributed by atoms with Crippen molar-refractivity contribution in [2.45, 2.75) is 38.6 Å². The Hall–Kier alpha value is -3.55. The predicted octanol–water partition coefficient (Wildman–Crippen LogP) is 4.20. The van der Waals surface area contributed by atoms with E-state index in [1.807, 2.05) is 30.3 Å². The number of hydrogen-bond acceptors (Lipinski definition) is 7. The summed E-state index contributed by atoms with van der Waals surface area (Å²) in [6.07, 6.45) is 5.04. The molecule has 0 bridgehead atoms. The molecule has 0 aliphatic carbocycles. The highest BCUT2D eigenvalue weighted by atomic mass is 16.5. The highest BCUT2D eigenvalue weighted by molar-refractivity contribution is 5.93. The van der Waals surface area contributed by atoms with Gasteiger partial charge in [0.2, 0.25) is 5.89 Å². The van der Waals surface area contributed by atoms with Crippen LogP contribution in [0.25, 0.3) is 22.4 Å². The van der Waals surface area contributed by atoms with Crippen LogP contribution in [0.5, 0.6) is 0 Å². The lowest BCUT2D eigenvalue weighted by Gasteiger charge is -2.20. The minimum atomic E-state index is -0.278. The first-order valence-electron chi connectivity index (χ1n) is 10.2. The van der Waals surface area contributed by atoms with Gasteiger partial charge in [0.15, 0.2) is 5.69 Å². The van der Waals surface area contributed by atoms with E-state index in [2.05, 4.69) is 27.3 Å². The van der Waals surface area contributed by atoms with Crippen LogP contribution in [-0.4, -0.2) is 37.7 Å². The Morgan fingerprint density at radius 1 is 1.23 bits per heavy atom. The zero-order valence-electron chi connectivity index (χ0n) is 16.6. The predicted molar refractivity (Wildman–Crippen MR) is 109 cm³/mol. The molecule has 1 atom stereocenters. The van der Waals surface area contributed by atoms with Gasteiger partial charge < -0.3 is 13.8 Å². The number of carbonyl (C=O) groups is 1. The summed E-state index contributed by atoms with van der Waals surface area (Å²) in [6, 6.07) is 11.3. The first kappa shape index (κ1) is 18.5. The fraction of sp³-hybridized carbons (Fsp3) is 0.318. The van der Waals surface area contributed by atoms with Crippen molar-refractivity contribution in [2.75, 3.05) is 6.54 Å². The number of aromatic nitrogens is 4. The number of aryl methyl sites for hydroxylation is 1. The first-order valence-corrected chi connectivity index (χ1v) is 10.2. The van der Waals surface area contributed by atoms with Crippen molar-refractivity contribution in [1.29, 1.82) is 0 Å². The lowest BCUT2D eigenvalue weighted by molar-refractivity contribution is 0.0705. The molecule has 5 rings (SSSR count). The quantitative estimate of drug-likeness (QED) is 0.492. The maximum Gasteiger partial charge on any atom is 0.276 e. The Balaban J connectivity index is 1.43. The third-order valence-corrected chi connectivity index (χ3v) is 5.39. The molecule has 1 aromatic carbocycles. The molecule has 1 aliphatic rings. The molecule has 8 nitrogen and oxygen atoms in total. The van der Waals surface area contributed by atoms with E-state index >= 15 is 0 Å². The van der Waals surface area contributed by atoms with Gasteiger partial charge in [-0.25, -0.2) is 0 Å². The van der Waals surface area contributed by atoms with Crippen LogP contribution in [0.4, 0.5) is 0 Å². The van der Waals surface area contributed by atoms with Crippen molar-refractivity contribution in [3.05, 3.63) is 59.9 Å². The normalized spacial score (nSPS) is 16.4. The van der Waals surface area contributed by atoms with Crippen LogP contribution in [0.2, 0.25) is 0 Å². The van der Waals surface area contributed by atoms with Crippen LogP contribution < -0.4 is 0 Å². The van der Waals surface area contributed by atoms with E-state index in [4.69, 9.17) is 8.94 Å². The van der Waals surface area contributed by atoms with Gasteiger partial charge in [0.05, 0.1) is 0 Å². The standard InChI is InChI=1S/C22H21N5O3/c1-2-6-15-13-17(26-30-15)22(28)27-12-5-9-18(27)20-24-25-21(29-20)19-16-8-4-3-7-14(16)10-11-23-19/h3-4,7-8,10-11,13,18H,2,5-6,9,12H2,1H3. The van der Waals surface area contributed by atoms with Crippen molar-refractivity contribution in [2.24, 2.45) is 0 Å². The monoisotopic (exact) mass is 403 g/mol. The number of fused-ring (bicyclic) bond motifs is 1. The van der Waals surface area contributed by atoms with Crippen molar-refractivity contribution >= 4 is 16.7 Å². The molecule has 1 aliphatic heterocycles. The minimum absolute atomic E-state index is 0.174. The van der Waals surface area contributed by atoms with Crippen LogP contribution in [0.1, 0.15) is 54.4 Å². The summed E-state index contributed by atoms with van der Waals surface area (Å²) in [5.74, 6) is 1.32. The molecule has 0 N–H and O–H groups in total. The fourth-order valence-corrected chi connectivity index (χ4v) is 3.95. The summed E-state index contributed by atoms with van der Waals surface area (Å²) in [6.45, 7) is 2.67. The third kappa shape index (κ3) is 3.24. The average Bonchev–Trinajstić information content (AvgIpc) is 3.53. The van der Waals surface area contributed by atoms with Crippen LogP contribution in [0.15, 0.2) is 51.5 Å². The Bertz CT molecular complexity index is 1190. The maximum atomic E-state index is 13.0. The number of nitrogens with zero attached hydrogens (tertiary/aromatic N) is 5. The highest BCUT2D eigenvalue weighted by Crippen LogP contribution is 2.34. The van der Waals surface area contributed by atoms with E-state index in [0.29, 0.717) is 29.7 Å². The molecule has 0 spiro atoms. The molecule has 152 valence electrons.